The van der Waals surface area contributed by atoms with Crippen LogP contribution in [-0.4, -0.2) is 44.4 Å². The summed E-state index contributed by atoms with van der Waals surface area (Å²) >= 11 is 1.84. The Hall–Kier alpha value is -1.91. The standard InChI is InChI=1S/C16H23N3OS.C2HF3O2/c1-13(2)20-11-15-16-10-18(9-14-5-3-8-21-14)6-4-7-19(16)12-17-15;3-2(4,5)1(6)7/h3,5,8,12-13H,4,6-7,9-11H2,1-2H3;(H,6,7). The van der Waals surface area contributed by atoms with Gasteiger partial charge in [0, 0.05) is 31.1 Å². The molecule has 0 radical (unpaired) electrons. The van der Waals surface area contributed by atoms with Crippen molar-refractivity contribution in [2.75, 3.05) is 6.54 Å². The number of nitrogens with zero attached hydrogens (tertiary/aromatic N) is 3. The number of ether oxygens (including phenoxy) is 1. The number of thiophene rings is 1. The molecule has 0 fully saturated rings. The molecule has 3 rings (SSSR count). The molecule has 0 bridgehead atoms. The first-order chi connectivity index (χ1) is 13.2. The van der Waals surface area contributed by atoms with Crippen molar-refractivity contribution in [3.63, 3.8) is 0 Å². The molecule has 2 aromatic rings. The highest BCUT2D eigenvalue weighted by molar-refractivity contribution is 7.09. The van der Waals surface area contributed by atoms with E-state index in [1.165, 1.54) is 17.0 Å². The zero-order valence-corrected chi connectivity index (χ0v) is 16.6. The average molecular weight is 419 g/mol. The van der Waals surface area contributed by atoms with Gasteiger partial charge in [0.2, 0.25) is 0 Å². The Labute approximate surface area is 165 Å². The van der Waals surface area contributed by atoms with Gasteiger partial charge in [0.05, 0.1) is 30.4 Å². The number of aliphatic carboxylic acids is 1. The lowest BCUT2D eigenvalue weighted by molar-refractivity contribution is -0.192. The number of carboxylic acids is 1. The van der Waals surface area contributed by atoms with Crippen LogP contribution in [0.5, 0.6) is 0 Å². The van der Waals surface area contributed by atoms with Gasteiger partial charge in [0.25, 0.3) is 0 Å². The number of fused-ring (bicyclic) bond motifs is 1. The van der Waals surface area contributed by atoms with Crippen molar-refractivity contribution in [2.45, 2.75) is 58.8 Å². The lowest BCUT2D eigenvalue weighted by Crippen LogP contribution is -2.23. The second-order valence-corrected chi connectivity index (χ2v) is 7.67. The third kappa shape index (κ3) is 6.92. The van der Waals surface area contributed by atoms with Crippen molar-refractivity contribution in [1.29, 1.82) is 0 Å². The quantitative estimate of drug-likeness (QED) is 0.796. The van der Waals surface area contributed by atoms with Crippen LogP contribution >= 0.6 is 11.3 Å². The highest BCUT2D eigenvalue weighted by Crippen LogP contribution is 2.20. The Morgan fingerprint density at radius 2 is 2.11 bits per heavy atom. The van der Waals surface area contributed by atoms with E-state index in [1.807, 2.05) is 17.7 Å². The highest BCUT2D eigenvalue weighted by Gasteiger charge is 2.38. The van der Waals surface area contributed by atoms with Crippen LogP contribution in [0.1, 0.15) is 36.5 Å². The Kier molecular flexibility index (Phi) is 8.02. The molecule has 28 heavy (non-hydrogen) atoms. The molecule has 2 aromatic heterocycles. The summed E-state index contributed by atoms with van der Waals surface area (Å²) in [5.41, 5.74) is 2.42. The first-order valence-electron chi connectivity index (χ1n) is 8.86. The van der Waals surface area contributed by atoms with Gasteiger partial charge in [-0.3, -0.25) is 4.90 Å². The maximum atomic E-state index is 10.6. The fourth-order valence-corrected chi connectivity index (χ4v) is 3.45. The molecule has 1 aliphatic heterocycles. The minimum atomic E-state index is -5.08. The lowest BCUT2D eigenvalue weighted by atomic mass is 10.3. The summed E-state index contributed by atoms with van der Waals surface area (Å²) in [7, 11) is 0. The van der Waals surface area contributed by atoms with Crippen molar-refractivity contribution in [2.24, 2.45) is 0 Å². The molecule has 6 nitrogen and oxygen atoms in total. The monoisotopic (exact) mass is 419 g/mol. The number of aryl methyl sites for hydroxylation is 1. The third-order valence-electron chi connectivity index (χ3n) is 4.03. The van der Waals surface area contributed by atoms with E-state index in [9.17, 15) is 13.2 Å². The number of carboxylic acid groups (broad SMARTS) is 1. The number of carbonyl (C=O) groups is 1. The van der Waals surface area contributed by atoms with Crippen LogP contribution in [0.4, 0.5) is 13.2 Å². The summed E-state index contributed by atoms with van der Waals surface area (Å²) in [6, 6.07) is 4.35. The number of aromatic nitrogens is 2. The molecule has 1 aliphatic rings. The van der Waals surface area contributed by atoms with E-state index < -0.39 is 12.1 Å². The Bertz CT molecular complexity index is 745. The van der Waals surface area contributed by atoms with Crippen LogP contribution in [-0.2, 0) is 35.8 Å². The van der Waals surface area contributed by atoms with Gasteiger partial charge in [-0.15, -0.1) is 11.3 Å². The highest BCUT2D eigenvalue weighted by atomic mass is 32.1. The third-order valence-corrected chi connectivity index (χ3v) is 4.90. The van der Waals surface area contributed by atoms with Crippen LogP contribution in [0.15, 0.2) is 23.8 Å². The van der Waals surface area contributed by atoms with Gasteiger partial charge < -0.3 is 14.4 Å². The van der Waals surface area contributed by atoms with Gasteiger partial charge in [0.15, 0.2) is 0 Å². The maximum Gasteiger partial charge on any atom is 0.490 e. The number of hydrogen-bond donors (Lipinski definition) is 1. The van der Waals surface area contributed by atoms with Gasteiger partial charge in [0.1, 0.15) is 0 Å². The summed E-state index contributed by atoms with van der Waals surface area (Å²) in [5, 5.41) is 9.28. The second-order valence-electron chi connectivity index (χ2n) is 6.64. The van der Waals surface area contributed by atoms with Gasteiger partial charge in [-0.1, -0.05) is 6.07 Å². The molecule has 0 saturated carbocycles. The van der Waals surface area contributed by atoms with Crippen LogP contribution in [0.2, 0.25) is 0 Å². The summed E-state index contributed by atoms with van der Waals surface area (Å²) in [6.07, 6.45) is -1.68. The van der Waals surface area contributed by atoms with Crippen LogP contribution < -0.4 is 0 Å². The smallest absolute Gasteiger partial charge is 0.475 e. The van der Waals surface area contributed by atoms with E-state index in [4.69, 9.17) is 14.6 Å². The topological polar surface area (TPSA) is 67.6 Å². The molecule has 10 heteroatoms. The predicted octanol–water partition coefficient (Wildman–Crippen LogP) is 3.91. The van der Waals surface area contributed by atoms with Gasteiger partial charge >= 0.3 is 12.1 Å². The Morgan fingerprint density at radius 1 is 1.39 bits per heavy atom. The Morgan fingerprint density at radius 3 is 2.68 bits per heavy atom. The van der Waals surface area contributed by atoms with E-state index in [2.05, 4.69) is 45.8 Å². The number of alkyl halides is 3. The fraction of sp³-hybridized carbons (Fsp3) is 0.556. The summed E-state index contributed by atoms with van der Waals surface area (Å²) in [5.74, 6) is -2.76. The molecule has 0 spiro atoms. The minimum absolute atomic E-state index is 0.246. The molecule has 156 valence electrons. The van der Waals surface area contributed by atoms with Gasteiger partial charge in [-0.2, -0.15) is 13.2 Å². The number of imidazole rings is 1. The normalized spacial score (nSPS) is 14.9. The zero-order valence-electron chi connectivity index (χ0n) is 15.8. The van der Waals surface area contributed by atoms with Crippen molar-refractivity contribution in [3.05, 3.63) is 40.1 Å². The molecule has 0 aromatic carbocycles. The minimum Gasteiger partial charge on any atom is -0.475 e. The molecule has 0 saturated heterocycles. The summed E-state index contributed by atoms with van der Waals surface area (Å²) in [4.78, 5) is 17.4. The second kappa shape index (κ2) is 10.0. The van der Waals surface area contributed by atoms with Crippen LogP contribution in [0.3, 0.4) is 0 Å². The number of halogens is 3. The van der Waals surface area contributed by atoms with E-state index in [-0.39, 0.29) is 6.10 Å². The SMILES string of the molecule is CC(C)OCc1ncn2c1CN(Cc1cccs1)CCC2.O=C(O)C(F)(F)F. The van der Waals surface area contributed by atoms with E-state index in [0.717, 1.165) is 31.9 Å². The predicted molar refractivity (Wildman–Crippen MR) is 98.9 cm³/mol. The van der Waals surface area contributed by atoms with E-state index >= 15 is 0 Å². The molecule has 0 unspecified atom stereocenters. The molecular formula is C18H24F3N3O3S. The van der Waals surface area contributed by atoms with Crippen molar-refractivity contribution >= 4 is 17.3 Å². The number of rotatable bonds is 5. The lowest BCUT2D eigenvalue weighted by Gasteiger charge is -2.19. The molecular weight excluding hydrogens is 395 g/mol. The van der Waals surface area contributed by atoms with Crippen LogP contribution in [0.25, 0.3) is 0 Å². The molecule has 1 N–H and O–H groups in total. The van der Waals surface area contributed by atoms with Crippen molar-refractivity contribution in [1.82, 2.24) is 14.5 Å². The summed E-state index contributed by atoms with van der Waals surface area (Å²) in [6.45, 7) is 8.96. The summed E-state index contributed by atoms with van der Waals surface area (Å²) < 4.78 is 39.8. The first-order valence-corrected chi connectivity index (χ1v) is 9.74. The largest absolute Gasteiger partial charge is 0.490 e. The first kappa shape index (κ1) is 22.4. The van der Waals surface area contributed by atoms with E-state index in [0.29, 0.717) is 6.61 Å². The molecule has 0 amide bonds. The maximum absolute atomic E-state index is 10.6. The van der Waals surface area contributed by atoms with Gasteiger partial charge in [-0.25, -0.2) is 9.78 Å². The average Bonchev–Trinajstić information content (AvgIpc) is 3.19. The van der Waals surface area contributed by atoms with Crippen LogP contribution in [0, 0.1) is 0 Å². The molecule has 3 heterocycles. The van der Waals surface area contributed by atoms with Crippen molar-refractivity contribution in [3.8, 4) is 0 Å². The fourth-order valence-electron chi connectivity index (χ4n) is 2.70. The van der Waals surface area contributed by atoms with E-state index in [1.54, 1.807) is 0 Å². The number of hydrogen-bond acceptors (Lipinski definition) is 5. The zero-order chi connectivity index (χ0) is 20.7. The van der Waals surface area contributed by atoms with Crippen molar-refractivity contribution < 1.29 is 27.8 Å². The molecule has 0 atom stereocenters. The van der Waals surface area contributed by atoms with Gasteiger partial charge in [-0.05, 0) is 31.7 Å². The molecule has 0 aliphatic carbocycles. The Balaban J connectivity index is 0.000000345.